The lowest BCUT2D eigenvalue weighted by atomic mass is 9.91. The highest BCUT2D eigenvalue weighted by Crippen LogP contribution is 2.30. The average molecular weight is 564 g/mol. The molecule has 2 amide bonds. The number of nitrogens with zero attached hydrogens (tertiary/aromatic N) is 3. The highest BCUT2D eigenvalue weighted by Gasteiger charge is 2.46. The molecule has 2 atom stereocenters. The minimum absolute atomic E-state index is 0.0160. The van der Waals surface area contributed by atoms with Gasteiger partial charge in [0.1, 0.15) is 12.1 Å². The Morgan fingerprint density at radius 2 is 1.71 bits per heavy atom. The van der Waals surface area contributed by atoms with Gasteiger partial charge in [-0.05, 0) is 48.4 Å². The van der Waals surface area contributed by atoms with E-state index in [4.69, 9.17) is 16.3 Å². The van der Waals surface area contributed by atoms with Crippen LogP contribution in [-0.2, 0) is 29.1 Å². The molecule has 11 heteroatoms. The van der Waals surface area contributed by atoms with Crippen LogP contribution >= 0.6 is 11.6 Å². The van der Waals surface area contributed by atoms with Crippen molar-refractivity contribution < 1.29 is 27.5 Å². The first-order valence-corrected chi connectivity index (χ1v) is 14.5. The summed E-state index contributed by atoms with van der Waals surface area (Å²) in [6, 6.07) is 7.94. The Balaban J connectivity index is 1.66. The van der Waals surface area contributed by atoms with Crippen molar-refractivity contribution in [3.05, 3.63) is 41.4 Å². The van der Waals surface area contributed by atoms with Gasteiger partial charge in [-0.25, -0.2) is 8.42 Å². The zero-order valence-electron chi connectivity index (χ0n) is 22.1. The predicted octanol–water partition coefficient (Wildman–Crippen LogP) is 2.95. The third kappa shape index (κ3) is 5.73. The van der Waals surface area contributed by atoms with Crippen LogP contribution in [-0.4, -0.2) is 91.6 Å². The topological polar surface area (TPSA) is 104 Å². The molecule has 2 fully saturated rings. The Kier molecular flexibility index (Phi) is 8.18. The Morgan fingerprint density at radius 1 is 1.08 bits per heavy atom. The summed E-state index contributed by atoms with van der Waals surface area (Å²) in [6.07, 6.45) is 0.180. The van der Waals surface area contributed by atoms with Gasteiger partial charge < -0.3 is 14.5 Å². The molecule has 0 spiro atoms. The van der Waals surface area contributed by atoms with Crippen molar-refractivity contribution in [2.45, 2.75) is 51.1 Å². The van der Waals surface area contributed by atoms with Gasteiger partial charge >= 0.3 is 0 Å². The fourth-order valence-electron chi connectivity index (χ4n) is 4.75. The zero-order valence-corrected chi connectivity index (χ0v) is 23.7. The number of hydrogen-bond donors (Lipinski definition) is 0. The number of likely N-dealkylation sites (tertiary alicyclic amines) is 1. The number of carbonyl (C=O) groups excluding carboxylic acids is 3. The second kappa shape index (κ2) is 10.9. The van der Waals surface area contributed by atoms with Crippen LogP contribution in [0.5, 0.6) is 0 Å². The van der Waals surface area contributed by atoms with E-state index < -0.39 is 40.0 Å². The van der Waals surface area contributed by atoms with Crippen LogP contribution in [0.4, 0.5) is 0 Å². The number of morpholine rings is 1. The highest BCUT2D eigenvalue weighted by atomic mass is 35.5. The fraction of sp³-hybridized carbons (Fsp3) is 0.519. The molecule has 2 aromatic carbocycles. The van der Waals surface area contributed by atoms with Crippen molar-refractivity contribution in [2.24, 2.45) is 5.41 Å². The summed E-state index contributed by atoms with van der Waals surface area (Å²) in [4.78, 5) is 42.8. The number of rotatable bonds is 7. The van der Waals surface area contributed by atoms with E-state index >= 15 is 0 Å². The van der Waals surface area contributed by atoms with Crippen molar-refractivity contribution in [2.75, 3.05) is 39.4 Å². The molecule has 206 valence electrons. The van der Waals surface area contributed by atoms with Gasteiger partial charge in [-0.3, -0.25) is 14.4 Å². The third-order valence-electron chi connectivity index (χ3n) is 7.22. The van der Waals surface area contributed by atoms with Crippen molar-refractivity contribution in [1.29, 1.82) is 0 Å². The SMILES string of the molecule is CC(C(=O)N1CCOCC1)N1CCC(N(CC(=O)C(C)(C)C)S(=O)(=O)c2ccc3cc(Cl)ccc3c2)C1=O. The molecule has 2 saturated heterocycles. The summed E-state index contributed by atoms with van der Waals surface area (Å²) < 4.78 is 34.3. The maximum atomic E-state index is 14.0. The molecule has 0 aliphatic carbocycles. The molecule has 0 N–H and O–H groups in total. The lowest BCUT2D eigenvalue weighted by Crippen LogP contribution is -2.53. The number of fused-ring (bicyclic) bond motifs is 1. The van der Waals surface area contributed by atoms with Crippen LogP contribution in [0.3, 0.4) is 0 Å². The van der Waals surface area contributed by atoms with E-state index in [2.05, 4.69) is 0 Å². The quantitative estimate of drug-likeness (QED) is 0.513. The van der Waals surface area contributed by atoms with E-state index in [9.17, 15) is 22.8 Å². The minimum atomic E-state index is -4.24. The molecule has 38 heavy (non-hydrogen) atoms. The minimum Gasteiger partial charge on any atom is -0.378 e. The summed E-state index contributed by atoms with van der Waals surface area (Å²) in [5.41, 5.74) is -0.811. The summed E-state index contributed by atoms with van der Waals surface area (Å²) >= 11 is 6.07. The van der Waals surface area contributed by atoms with Gasteiger partial charge in [-0.15, -0.1) is 0 Å². The number of ketones is 1. The number of hydrogen-bond acceptors (Lipinski definition) is 6. The second-order valence-electron chi connectivity index (χ2n) is 10.8. The van der Waals surface area contributed by atoms with Gasteiger partial charge in [0, 0.05) is 30.1 Å². The van der Waals surface area contributed by atoms with Crippen molar-refractivity contribution in [3.63, 3.8) is 0 Å². The highest BCUT2D eigenvalue weighted by molar-refractivity contribution is 7.89. The van der Waals surface area contributed by atoms with E-state index in [0.717, 1.165) is 9.69 Å². The van der Waals surface area contributed by atoms with Crippen molar-refractivity contribution in [3.8, 4) is 0 Å². The molecule has 0 radical (unpaired) electrons. The van der Waals surface area contributed by atoms with Gasteiger partial charge in [-0.2, -0.15) is 4.31 Å². The van der Waals surface area contributed by atoms with E-state index in [0.29, 0.717) is 36.7 Å². The van der Waals surface area contributed by atoms with Crippen molar-refractivity contribution >= 4 is 50.0 Å². The number of sulfonamides is 1. The van der Waals surface area contributed by atoms with Crippen molar-refractivity contribution in [1.82, 2.24) is 14.1 Å². The molecule has 2 aliphatic heterocycles. The molecule has 2 aliphatic rings. The Hall–Kier alpha value is -2.53. The standard InChI is InChI=1S/C27H34ClN3O6S/c1-18(25(33)29-11-13-37-14-12-29)30-10-9-23(26(30)34)31(17-24(32)27(2,3)4)38(35,36)22-8-6-19-15-21(28)7-5-20(19)16-22/h5-8,15-16,18,23H,9-14,17H2,1-4H3. The maximum absolute atomic E-state index is 14.0. The third-order valence-corrected chi connectivity index (χ3v) is 9.31. The van der Waals surface area contributed by atoms with Crippen LogP contribution in [0.2, 0.25) is 5.02 Å². The van der Waals surface area contributed by atoms with Gasteiger partial charge in [-0.1, -0.05) is 44.5 Å². The van der Waals surface area contributed by atoms with Crippen LogP contribution in [0.25, 0.3) is 10.8 Å². The molecule has 2 unspecified atom stereocenters. The molecule has 0 aromatic heterocycles. The number of carbonyl (C=O) groups is 3. The lowest BCUT2D eigenvalue weighted by molar-refractivity contribution is -0.146. The fourth-order valence-corrected chi connectivity index (χ4v) is 6.54. The Bertz CT molecular complexity index is 1350. The van der Waals surface area contributed by atoms with Crippen LogP contribution < -0.4 is 0 Å². The van der Waals surface area contributed by atoms with E-state index in [1.165, 1.54) is 17.0 Å². The normalized spacial score (nSPS) is 19.8. The van der Waals surface area contributed by atoms with E-state index in [1.807, 2.05) is 0 Å². The molecule has 0 saturated carbocycles. The number of amides is 2. The second-order valence-corrected chi connectivity index (χ2v) is 13.2. The van der Waals surface area contributed by atoms with Crippen LogP contribution in [0, 0.1) is 5.41 Å². The van der Waals surface area contributed by atoms with Gasteiger partial charge in [0.15, 0.2) is 5.78 Å². The molecular weight excluding hydrogens is 530 g/mol. The lowest BCUT2D eigenvalue weighted by Gasteiger charge is -2.33. The summed E-state index contributed by atoms with van der Waals surface area (Å²) in [6.45, 7) is 8.34. The van der Waals surface area contributed by atoms with E-state index in [-0.39, 0.29) is 29.6 Å². The first kappa shape index (κ1) is 28.5. The summed E-state index contributed by atoms with van der Waals surface area (Å²) in [7, 11) is -4.24. The van der Waals surface area contributed by atoms with Gasteiger partial charge in [0.05, 0.1) is 24.7 Å². The summed E-state index contributed by atoms with van der Waals surface area (Å²) in [5.74, 6) is -0.982. The summed E-state index contributed by atoms with van der Waals surface area (Å²) in [5, 5.41) is 1.97. The molecule has 0 bridgehead atoms. The van der Waals surface area contributed by atoms with Gasteiger partial charge in [0.2, 0.25) is 21.8 Å². The Labute approximate surface area is 228 Å². The zero-order chi connectivity index (χ0) is 27.8. The molecule has 9 nitrogen and oxygen atoms in total. The number of ether oxygens (including phenoxy) is 1. The molecule has 4 rings (SSSR count). The maximum Gasteiger partial charge on any atom is 0.245 e. The number of halogens is 1. The number of benzene rings is 2. The molecular formula is C27H34ClN3O6S. The molecule has 2 aromatic rings. The number of Topliss-reactive ketones (excluding diaryl/α,β-unsaturated/α-hetero) is 1. The smallest absolute Gasteiger partial charge is 0.245 e. The monoisotopic (exact) mass is 563 g/mol. The Morgan fingerprint density at radius 3 is 2.37 bits per heavy atom. The molecule has 2 heterocycles. The average Bonchev–Trinajstić information content (AvgIpc) is 3.26. The van der Waals surface area contributed by atoms with Gasteiger partial charge in [0.25, 0.3) is 0 Å². The van der Waals surface area contributed by atoms with Crippen LogP contribution in [0.15, 0.2) is 41.3 Å². The first-order chi connectivity index (χ1) is 17.8. The largest absolute Gasteiger partial charge is 0.378 e. The predicted molar refractivity (Wildman–Crippen MR) is 144 cm³/mol. The first-order valence-electron chi connectivity index (χ1n) is 12.7. The van der Waals surface area contributed by atoms with E-state index in [1.54, 1.807) is 56.9 Å². The van der Waals surface area contributed by atoms with Crippen LogP contribution in [0.1, 0.15) is 34.1 Å².